The van der Waals surface area contributed by atoms with Crippen LogP contribution in [0.5, 0.6) is 0 Å². The first-order valence-electron chi connectivity index (χ1n) is 5.35. The van der Waals surface area contributed by atoms with Crippen LogP contribution in [0, 0.1) is 0 Å². The maximum absolute atomic E-state index is 6.03. The molecule has 0 radical (unpaired) electrons. The summed E-state index contributed by atoms with van der Waals surface area (Å²) >= 11 is 6.03. The molecule has 0 aliphatic rings. The summed E-state index contributed by atoms with van der Waals surface area (Å²) in [6.07, 6.45) is 0.923. The molecule has 2 aromatic rings. The summed E-state index contributed by atoms with van der Waals surface area (Å²) in [5.41, 5.74) is 0.929. The highest BCUT2D eigenvalue weighted by atomic mass is 35.5. The Morgan fingerprint density at radius 2 is 1.88 bits per heavy atom. The molecule has 0 amide bonds. The van der Waals surface area contributed by atoms with E-state index < -0.39 is 0 Å². The highest BCUT2D eigenvalue weighted by molar-refractivity contribution is 6.33. The molecular formula is C13H14ClNO. The first-order valence-corrected chi connectivity index (χ1v) is 5.73. The zero-order valence-corrected chi connectivity index (χ0v) is 9.92. The second kappa shape index (κ2) is 5.08. The number of anilines is 1. The Bertz CT molecular complexity index is 464. The Morgan fingerprint density at radius 1 is 1.12 bits per heavy atom. The van der Waals surface area contributed by atoms with Crippen LogP contribution in [0.2, 0.25) is 5.02 Å². The van der Waals surface area contributed by atoms with Gasteiger partial charge in [-0.3, -0.25) is 0 Å². The van der Waals surface area contributed by atoms with Crippen molar-refractivity contribution in [3.8, 4) is 0 Å². The van der Waals surface area contributed by atoms with Crippen molar-refractivity contribution in [2.24, 2.45) is 0 Å². The maximum Gasteiger partial charge on any atom is 0.123 e. The van der Waals surface area contributed by atoms with Crippen LogP contribution in [0.25, 0.3) is 0 Å². The molecule has 0 spiro atoms. The van der Waals surface area contributed by atoms with E-state index in [1.54, 1.807) is 0 Å². The first-order chi connectivity index (χ1) is 7.79. The van der Waals surface area contributed by atoms with Gasteiger partial charge in [0, 0.05) is 6.42 Å². The molecule has 3 heteroatoms. The second-order valence-corrected chi connectivity index (χ2v) is 3.96. The van der Waals surface area contributed by atoms with Gasteiger partial charge in [-0.2, -0.15) is 0 Å². The molecule has 84 valence electrons. The van der Waals surface area contributed by atoms with E-state index >= 15 is 0 Å². The molecule has 1 heterocycles. The van der Waals surface area contributed by atoms with E-state index in [-0.39, 0.29) is 0 Å². The Labute approximate surface area is 100 Å². The predicted octanol–water partition coefficient (Wildman–Crippen LogP) is 4.11. The van der Waals surface area contributed by atoms with Crippen LogP contribution in [0.3, 0.4) is 0 Å². The largest absolute Gasteiger partial charge is 0.464 e. The molecule has 16 heavy (non-hydrogen) atoms. The monoisotopic (exact) mass is 235 g/mol. The van der Waals surface area contributed by atoms with Crippen molar-refractivity contribution in [2.75, 3.05) is 5.32 Å². The van der Waals surface area contributed by atoms with E-state index in [1.165, 1.54) is 0 Å². The van der Waals surface area contributed by atoms with Crippen LogP contribution in [-0.4, -0.2) is 0 Å². The van der Waals surface area contributed by atoms with Crippen LogP contribution in [0.4, 0.5) is 5.69 Å². The van der Waals surface area contributed by atoms with Crippen molar-refractivity contribution < 1.29 is 4.42 Å². The van der Waals surface area contributed by atoms with E-state index in [1.807, 2.05) is 36.4 Å². The fraction of sp³-hybridized carbons (Fsp3) is 0.231. The molecule has 0 atom stereocenters. The molecular weight excluding hydrogens is 222 g/mol. The van der Waals surface area contributed by atoms with Gasteiger partial charge >= 0.3 is 0 Å². The number of benzene rings is 1. The first kappa shape index (κ1) is 11.1. The lowest BCUT2D eigenvalue weighted by molar-refractivity contribution is 0.476. The fourth-order valence-electron chi connectivity index (χ4n) is 1.49. The highest BCUT2D eigenvalue weighted by Crippen LogP contribution is 2.21. The van der Waals surface area contributed by atoms with Gasteiger partial charge in [-0.15, -0.1) is 0 Å². The van der Waals surface area contributed by atoms with Gasteiger partial charge in [-0.05, 0) is 24.3 Å². The third-order valence-corrected chi connectivity index (χ3v) is 2.72. The van der Waals surface area contributed by atoms with Crippen LogP contribution in [-0.2, 0) is 13.0 Å². The van der Waals surface area contributed by atoms with Gasteiger partial charge in [0.25, 0.3) is 0 Å². The summed E-state index contributed by atoms with van der Waals surface area (Å²) in [6.45, 7) is 2.73. The van der Waals surface area contributed by atoms with Gasteiger partial charge in [0.2, 0.25) is 0 Å². The molecule has 2 rings (SSSR count). The number of para-hydroxylation sites is 1. The standard InChI is InChI=1S/C13H14ClNO/c1-2-10-7-8-11(16-10)9-15-13-6-4-3-5-12(13)14/h3-8,15H,2,9H2,1H3. The second-order valence-electron chi connectivity index (χ2n) is 3.55. The Kier molecular flexibility index (Phi) is 3.52. The van der Waals surface area contributed by atoms with Gasteiger partial charge in [-0.1, -0.05) is 30.7 Å². The van der Waals surface area contributed by atoms with Crippen molar-refractivity contribution in [3.63, 3.8) is 0 Å². The zero-order valence-electron chi connectivity index (χ0n) is 9.16. The predicted molar refractivity (Wildman–Crippen MR) is 66.9 cm³/mol. The zero-order chi connectivity index (χ0) is 11.4. The van der Waals surface area contributed by atoms with Gasteiger partial charge in [0.15, 0.2) is 0 Å². The molecule has 0 aliphatic heterocycles. The maximum atomic E-state index is 6.03. The third kappa shape index (κ3) is 2.58. The Hall–Kier alpha value is -1.41. The number of hydrogen-bond acceptors (Lipinski definition) is 2. The Balaban J connectivity index is 1.99. The van der Waals surface area contributed by atoms with Crippen molar-refractivity contribution >= 4 is 17.3 Å². The minimum atomic E-state index is 0.656. The normalized spacial score (nSPS) is 10.4. The van der Waals surface area contributed by atoms with Crippen molar-refractivity contribution in [1.29, 1.82) is 0 Å². The lowest BCUT2D eigenvalue weighted by Crippen LogP contribution is -1.98. The average Bonchev–Trinajstić information content (AvgIpc) is 2.76. The summed E-state index contributed by atoms with van der Waals surface area (Å²) in [5, 5.41) is 3.97. The summed E-state index contributed by atoms with van der Waals surface area (Å²) in [6, 6.07) is 11.7. The fourth-order valence-corrected chi connectivity index (χ4v) is 1.70. The van der Waals surface area contributed by atoms with E-state index in [4.69, 9.17) is 16.0 Å². The number of hydrogen-bond donors (Lipinski definition) is 1. The molecule has 0 saturated heterocycles. The number of furan rings is 1. The lowest BCUT2D eigenvalue weighted by Gasteiger charge is -2.05. The van der Waals surface area contributed by atoms with Crippen LogP contribution < -0.4 is 5.32 Å². The van der Waals surface area contributed by atoms with E-state index in [9.17, 15) is 0 Å². The summed E-state index contributed by atoms with van der Waals surface area (Å²) < 4.78 is 5.59. The number of aryl methyl sites for hydroxylation is 1. The molecule has 0 unspecified atom stereocenters. The van der Waals surface area contributed by atoms with Crippen LogP contribution in [0.15, 0.2) is 40.8 Å². The van der Waals surface area contributed by atoms with Crippen LogP contribution >= 0.6 is 11.6 Å². The topological polar surface area (TPSA) is 25.2 Å². The van der Waals surface area contributed by atoms with E-state index in [0.717, 1.165) is 28.7 Å². The minimum Gasteiger partial charge on any atom is -0.464 e. The smallest absolute Gasteiger partial charge is 0.123 e. The highest BCUT2D eigenvalue weighted by Gasteiger charge is 2.02. The summed E-state index contributed by atoms with van der Waals surface area (Å²) in [5.74, 6) is 1.94. The minimum absolute atomic E-state index is 0.656. The van der Waals surface area contributed by atoms with E-state index in [0.29, 0.717) is 6.54 Å². The van der Waals surface area contributed by atoms with Gasteiger partial charge in [-0.25, -0.2) is 0 Å². The SMILES string of the molecule is CCc1ccc(CNc2ccccc2Cl)o1. The lowest BCUT2D eigenvalue weighted by atomic mass is 10.3. The number of rotatable bonds is 4. The third-order valence-electron chi connectivity index (χ3n) is 2.39. The van der Waals surface area contributed by atoms with Gasteiger partial charge in [0.05, 0.1) is 17.3 Å². The molecule has 1 aromatic carbocycles. The Morgan fingerprint density at radius 3 is 2.56 bits per heavy atom. The van der Waals surface area contributed by atoms with Gasteiger partial charge < -0.3 is 9.73 Å². The molecule has 1 aromatic heterocycles. The molecule has 0 bridgehead atoms. The van der Waals surface area contributed by atoms with Crippen molar-refractivity contribution in [3.05, 3.63) is 52.9 Å². The number of nitrogens with one attached hydrogen (secondary N) is 1. The molecule has 2 nitrogen and oxygen atoms in total. The van der Waals surface area contributed by atoms with Gasteiger partial charge in [0.1, 0.15) is 11.5 Å². The molecule has 1 N–H and O–H groups in total. The quantitative estimate of drug-likeness (QED) is 0.863. The molecule has 0 saturated carbocycles. The van der Waals surface area contributed by atoms with Crippen molar-refractivity contribution in [2.45, 2.75) is 19.9 Å². The van der Waals surface area contributed by atoms with Crippen LogP contribution in [0.1, 0.15) is 18.4 Å². The summed E-state index contributed by atoms with van der Waals surface area (Å²) in [4.78, 5) is 0. The average molecular weight is 236 g/mol. The molecule has 0 aliphatic carbocycles. The van der Waals surface area contributed by atoms with E-state index in [2.05, 4.69) is 12.2 Å². The number of halogens is 1. The summed E-state index contributed by atoms with van der Waals surface area (Å²) in [7, 11) is 0. The van der Waals surface area contributed by atoms with Crippen molar-refractivity contribution in [1.82, 2.24) is 0 Å². The molecule has 0 fully saturated rings.